The Kier molecular flexibility index (Phi) is 3.18. The predicted molar refractivity (Wildman–Crippen MR) is 68.3 cm³/mol. The van der Waals surface area contributed by atoms with Gasteiger partial charge in [0.05, 0.1) is 16.4 Å². The van der Waals surface area contributed by atoms with Crippen LogP contribution in [0.15, 0.2) is 16.7 Å². The van der Waals surface area contributed by atoms with E-state index in [0.717, 1.165) is 15.9 Å². The minimum atomic E-state index is 0.315. The Hall–Kier alpha value is -1.38. The zero-order valence-electron chi connectivity index (χ0n) is 9.20. The number of hydrogen-bond donors (Lipinski definition) is 0. The Morgan fingerprint density at radius 2 is 2.18 bits per heavy atom. The molecule has 0 atom stereocenters. The lowest BCUT2D eigenvalue weighted by atomic mass is 10.3. The number of nitriles is 1. The van der Waals surface area contributed by atoms with Crippen molar-refractivity contribution in [2.45, 2.75) is 13.8 Å². The lowest BCUT2D eigenvalue weighted by molar-refractivity contribution is 0.824. The van der Waals surface area contributed by atoms with Gasteiger partial charge in [-0.25, -0.2) is 9.67 Å². The molecular weight excluding hydrogens is 304 g/mol. The molecule has 0 unspecified atom stereocenters. The van der Waals surface area contributed by atoms with Crippen molar-refractivity contribution in [3.05, 3.63) is 38.8 Å². The van der Waals surface area contributed by atoms with E-state index in [1.54, 1.807) is 16.9 Å². The largest absolute Gasteiger partial charge is 0.242 e. The van der Waals surface area contributed by atoms with E-state index in [0.29, 0.717) is 16.4 Å². The van der Waals surface area contributed by atoms with Crippen LogP contribution in [0.4, 0.5) is 0 Å². The molecule has 86 valence electrons. The molecule has 4 nitrogen and oxygen atoms in total. The number of hydrogen-bond acceptors (Lipinski definition) is 3. The van der Waals surface area contributed by atoms with E-state index >= 15 is 0 Å². The molecule has 17 heavy (non-hydrogen) atoms. The molecule has 2 aromatic rings. The summed E-state index contributed by atoms with van der Waals surface area (Å²) in [6.45, 7) is 3.67. The van der Waals surface area contributed by atoms with Crippen molar-refractivity contribution in [2.24, 2.45) is 0 Å². The predicted octanol–water partition coefficient (Wildman–Crippen LogP) is 3.17. The monoisotopic (exact) mass is 310 g/mol. The molecule has 0 spiro atoms. The lowest BCUT2D eigenvalue weighted by Gasteiger charge is -2.06. The fourth-order valence-corrected chi connectivity index (χ4v) is 1.97. The Balaban J connectivity index is 2.72. The number of aryl methyl sites for hydroxylation is 1. The van der Waals surface area contributed by atoms with Gasteiger partial charge in [0.25, 0.3) is 0 Å². The molecule has 0 saturated carbocycles. The minimum absolute atomic E-state index is 0.315. The van der Waals surface area contributed by atoms with E-state index in [1.165, 1.54) is 0 Å². The molecular formula is C11H8BrClN4. The van der Waals surface area contributed by atoms with Crippen LogP contribution >= 0.6 is 27.5 Å². The molecule has 0 saturated heterocycles. The van der Waals surface area contributed by atoms with Gasteiger partial charge in [-0.2, -0.15) is 10.4 Å². The third kappa shape index (κ3) is 2.06. The van der Waals surface area contributed by atoms with Crippen LogP contribution in [0, 0.1) is 25.2 Å². The van der Waals surface area contributed by atoms with Crippen LogP contribution in [-0.2, 0) is 0 Å². The van der Waals surface area contributed by atoms with Crippen LogP contribution in [0.3, 0.4) is 0 Å². The molecule has 2 aromatic heterocycles. The van der Waals surface area contributed by atoms with Gasteiger partial charge in [-0.3, -0.25) is 0 Å². The molecule has 0 aromatic carbocycles. The average molecular weight is 312 g/mol. The quantitative estimate of drug-likeness (QED) is 0.813. The highest BCUT2D eigenvalue weighted by atomic mass is 79.9. The molecule has 0 fully saturated rings. The topological polar surface area (TPSA) is 54.5 Å². The van der Waals surface area contributed by atoms with Gasteiger partial charge < -0.3 is 0 Å². The second kappa shape index (κ2) is 4.47. The Morgan fingerprint density at radius 1 is 1.47 bits per heavy atom. The van der Waals surface area contributed by atoms with Gasteiger partial charge in [-0.15, -0.1) is 0 Å². The van der Waals surface area contributed by atoms with Crippen LogP contribution in [-0.4, -0.2) is 14.8 Å². The van der Waals surface area contributed by atoms with Crippen LogP contribution < -0.4 is 0 Å². The summed E-state index contributed by atoms with van der Waals surface area (Å²) in [5.41, 5.74) is 2.46. The summed E-state index contributed by atoms with van der Waals surface area (Å²) in [5, 5.41) is 13.9. The van der Waals surface area contributed by atoms with Gasteiger partial charge in [0.1, 0.15) is 11.8 Å². The van der Waals surface area contributed by atoms with E-state index < -0.39 is 0 Å². The summed E-state index contributed by atoms with van der Waals surface area (Å²) < 4.78 is 2.42. The van der Waals surface area contributed by atoms with Gasteiger partial charge in [0.2, 0.25) is 0 Å². The number of pyridine rings is 1. The second-order valence-electron chi connectivity index (χ2n) is 3.53. The first-order chi connectivity index (χ1) is 8.04. The molecule has 0 aliphatic rings. The summed E-state index contributed by atoms with van der Waals surface area (Å²) in [5.74, 6) is 0. The highest BCUT2D eigenvalue weighted by molar-refractivity contribution is 9.10. The molecule has 0 aliphatic carbocycles. The van der Waals surface area contributed by atoms with Crippen molar-refractivity contribution >= 4 is 27.5 Å². The van der Waals surface area contributed by atoms with Gasteiger partial charge >= 0.3 is 0 Å². The van der Waals surface area contributed by atoms with Crippen molar-refractivity contribution in [1.29, 1.82) is 5.26 Å². The maximum Gasteiger partial charge on any atom is 0.166 e. The smallest absolute Gasteiger partial charge is 0.166 e. The molecule has 0 N–H and O–H groups in total. The molecule has 2 heterocycles. The molecule has 6 heteroatoms. The van der Waals surface area contributed by atoms with E-state index in [1.807, 2.05) is 19.9 Å². The summed E-state index contributed by atoms with van der Waals surface area (Å²) in [6.07, 6.45) is 1.58. The Morgan fingerprint density at radius 3 is 2.71 bits per heavy atom. The fourth-order valence-electron chi connectivity index (χ4n) is 1.53. The van der Waals surface area contributed by atoms with Crippen molar-refractivity contribution in [3.8, 4) is 11.8 Å². The third-order valence-corrected chi connectivity index (χ3v) is 3.35. The maximum absolute atomic E-state index is 9.04. The van der Waals surface area contributed by atoms with Gasteiger partial charge in [0.15, 0.2) is 5.69 Å². The molecule has 2 rings (SSSR count). The molecule has 0 radical (unpaired) electrons. The summed E-state index contributed by atoms with van der Waals surface area (Å²) >= 11 is 9.41. The summed E-state index contributed by atoms with van der Waals surface area (Å²) in [6, 6.07) is 3.83. The van der Waals surface area contributed by atoms with Crippen molar-refractivity contribution in [1.82, 2.24) is 14.8 Å². The summed E-state index contributed by atoms with van der Waals surface area (Å²) in [4.78, 5) is 4.04. The first-order valence-corrected chi connectivity index (χ1v) is 5.99. The third-order valence-electron chi connectivity index (χ3n) is 2.37. The first kappa shape index (κ1) is 12.1. The minimum Gasteiger partial charge on any atom is -0.242 e. The van der Waals surface area contributed by atoms with Gasteiger partial charge in [-0.1, -0.05) is 11.6 Å². The average Bonchev–Trinajstić information content (AvgIpc) is 2.57. The zero-order valence-corrected chi connectivity index (χ0v) is 11.5. The van der Waals surface area contributed by atoms with Crippen molar-refractivity contribution in [3.63, 3.8) is 0 Å². The summed E-state index contributed by atoms with van der Waals surface area (Å²) in [7, 11) is 0. The van der Waals surface area contributed by atoms with Gasteiger partial charge in [-0.05, 0) is 35.8 Å². The van der Waals surface area contributed by atoms with E-state index in [9.17, 15) is 0 Å². The van der Waals surface area contributed by atoms with Crippen LogP contribution in [0.25, 0.3) is 5.69 Å². The maximum atomic E-state index is 9.04. The number of nitrogens with zero attached hydrogens (tertiary/aromatic N) is 4. The van der Waals surface area contributed by atoms with Gasteiger partial charge in [0, 0.05) is 10.7 Å². The van der Waals surface area contributed by atoms with Crippen molar-refractivity contribution in [2.75, 3.05) is 0 Å². The number of rotatable bonds is 1. The normalized spacial score (nSPS) is 10.3. The van der Waals surface area contributed by atoms with Crippen LogP contribution in [0.5, 0.6) is 0 Å². The van der Waals surface area contributed by atoms with Crippen LogP contribution in [0.2, 0.25) is 5.02 Å². The van der Waals surface area contributed by atoms with E-state index in [2.05, 4.69) is 26.0 Å². The van der Waals surface area contributed by atoms with Crippen LogP contribution in [0.1, 0.15) is 17.1 Å². The SMILES string of the molecule is Cc1nn(-c2cc(Br)cnc2C#N)c(C)c1Cl. The Bertz CT molecular complexity index is 627. The Labute approximate surface area is 112 Å². The molecule has 0 amide bonds. The fraction of sp³-hybridized carbons (Fsp3) is 0.182. The zero-order chi connectivity index (χ0) is 12.6. The first-order valence-electron chi connectivity index (χ1n) is 4.82. The standard InChI is InChI=1S/C11H8BrClN4/c1-6-11(13)7(2)17(16-6)10-3-8(12)5-15-9(10)4-14/h3,5H,1-2H3. The highest BCUT2D eigenvalue weighted by Crippen LogP contribution is 2.24. The second-order valence-corrected chi connectivity index (χ2v) is 4.82. The highest BCUT2D eigenvalue weighted by Gasteiger charge is 2.14. The molecule has 0 bridgehead atoms. The molecule has 0 aliphatic heterocycles. The van der Waals surface area contributed by atoms with E-state index in [4.69, 9.17) is 16.9 Å². The number of aromatic nitrogens is 3. The van der Waals surface area contributed by atoms with E-state index in [-0.39, 0.29) is 0 Å². The lowest BCUT2D eigenvalue weighted by Crippen LogP contribution is -2.03. The van der Waals surface area contributed by atoms with Crippen molar-refractivity contribution < 1.29 is 0 Å². The number of halogens is 2.